The summed E-state index contributed by atoms with van der Waals surface area (Å²) in [6.45, 7) is 0. The quantitative estimate of drug-likeness (QED) is 0.771. The van der Waals surface area contributed by atoms with Crippen LogP contribution in [0.5, 0.6) is 11.5 Å². The van der Waals surface area contributed by atoms with Crippen molar-refractivity contribution in [2.24, 2.45) is 0 Å². The second-order valence-electron chi connectivity index (χ2n) is 5.93. The van der Waals surface area contributed by atoms with Gasteiger partial charge in [-0.15, -0.1) is 0 Å². The number of ether oxygens (including phenoxy) is 1. The van der Waals surface area contributed by atoms with Crippen LogP contribution < -0.4 is 0 Å². The molecule has 1 heterocycles. The van der Waals surface area contributed by atoms with Crippen LogP contribution in [0.25, 0.3) is 0 Å². The third-order valence-electron chi connectivity index (χ3n) is 4.15. The van der Waals surface area contributed by atoms with Crippen molar-refractivity contribution < 1.29 is 19.7 Å². The minimum absolute atomic E-state index is 0.0242. The van der Waals surface area contributed by atoms with Gasteiger partial charge in [-0.25, -0.2) is 0 Å². The maximum atomic E-state index is 12.1. The Morgan fingerprint density at radius 1 is 0.870 bits per heavy atom. The van der Waals surface area contributed by atoms with Crippen LogP contribution in [0.2, 0.25) is 0 Å². The van der Waals surface area contributed by atoms with E-state index in [0.29, 0.717) is 12.8 Å². The normalized spacial score (nSPS) is 19.5. The van der Waals surface area contributed by atoms with Crippen molar-refractivity contribution in [3.8, 4) is 11.5 Å². The average molecular weight is 312 g/mol. The van der Waals surface area contributed by atoms with Gasteiger partial charge in [0.05, 0.1) is 6.10 Å². The number of hydrogen-bond donors (Lipinski definition) is 2. The predicted molar refractivity (Wildman–Crippen MR) is 86.5 cm³/mol. The lowest BCUT2D eigenvalue weighted by Gasteiger charge is -2.01. The second-order valence-corrected chi connectivity index (χ2v) is 5.93. The first-order chi connectivity index (χ1) is 11.1. The van der Waals surface area contributed by atoms with Gasteiger partial charge in [0.15, 0.2) is 5.78 Å². The molecule has 0 aromatic heterocycles. The summed E-state index contributed by atoms with van der Waals surface area (Å²) in [4.78, 5) is 12.1. The van der Waals surface area contributed by atoms with Crippen molar-refractivity contribution in [1.82, 2.24) is 0 Å². The topological polar surface area (TPSA) is 70.1 Å². The largest absolute Gasteiger partial charge is 0.508 e. The number of phenolic OH excluding ortho intramolecular Hbond substituents is 2. The highest BCUT2D eigenvalue weighted by Gasteiger charge is 2.43. The van der Waals surface area contributed by atoms with Crippen LogP contribution in [0.15, 0.2) is 48.5 Å². The Kier molecular flexibility index (Phi) is 4.63. The molecule has 2 aromatic rings. The summed E-state index contributed by atoms with van der Waals surface area (Å²) in [6, 6.07) is 14.0. The van der Waals surface area contributed by atoms with Crippen LogP contribution in [0.1, 0.15) is 24.0 Å². The average Bonchev–Trinajstić information content (AvgIpc) is 3.33. The van der Waals surface area contributed by atoms with Crippen LogP contribution >= 0.6 is 0 Å². The summed E-state index contributed by atoms with van der Waals surface area (Å²) in [7, 11) is 0. The first-order valence-corrected chi connectivity index (χ1v) is 7.86. The van der Waals surface area contributed by atoms with E-state index in [4.69, 9.17) is 4.74 Å². The van der Waals surface area contributed by atoms with Gasteiger partial charge in [-0.1, -0.05) is 24.3 Å². The Morgan fingerprint density at radius 2 is 1.39 bits per heavy atom. The molecule has 2 unspecified atom stereocenters. The molecule has 2 N–H and O–H groups in total. The molecule has 1 aliphatic rings. The lowest BCUT2D eigenvalue weighted by molar-refractivity contribution is -0.120. The standard InChI is InChI=1S/C19H20O4/c20-15-7-1-13(2-8-15)5-11-17(22)19-18(23-19)12-6-14-3-9-16(21)10-4-14/h1-4,7-10,18-21H,5-6,11-12H2. The summed E-state index contributed by atoms with van der Waals surface area (Å²) in [5.74, 6) is 0.646. The number of carbonyl (C=O) groups excluding carboxylic acids is 1. The fourth-order valence-corrected chi connectivity index (χ4v) is 2.69. The van der Waals surface area contributed by atoms with Crippen molar-refractivity contribution in [1.29, 1.82) is 0 Å². The monoisotopic (exact) mass is 312 g/mol. The zero-order valence-electron chi connectivity index (χ0n) is 12.8. The highest BCUT2D eigenvalue weighted by molar-refractivity contribution is 5.86. The smallest absolute Gasteiger partial charge is 0.164 e. The Morgan fingerprint density at radius 3 is 1.96 bits per heavy atom. The molecule has 1 aliphatic heterocycles. The molecule has 0 bridgehead atoms. The highest BCUT2D eigenvalue weighted by Crippen LogP contribution is 2.29. The van der Waals surface area contributed by atoms with Crippen molar-refractivity contribution in [2.45, 2.75) is 37.9 Å². The molecule has 0 radical (unpaired) electrons. The fourth-order valence-electron chi connectivity index (χ4n) is 2.69. The first-order valence-electron chi connectivity index (χ1n) is 7.86. The molecule has 0 spiro atoms. The van der Waals surface area contributed by atoms with Crippen molar-refractivity contribution >= 4 is 5.78 Å². The zero-order valence-corrected chi connectivity index (χ0v) is 12.8. The maximum Gasteiger partial charge on any atom is 0.164 e. The molecule has 4 nitrogen and oxygen atoms in total. The molecule has 1 fully saturated rings. The van der Waals surface area contributed by atoms with E-state index < -0.39 is 0 Å². The highest BCUT2D eigenvalue weighted by atomic mass is 16.6. The van der Waals surface area contributed by atoms with Crippen molar-refractivity contribution in [2.75, 3.05) is 0 Å². The van der Waals surface area contributed by atoms with Crippen molar-refractivity contribution in [3.63, 3.8) is 0 Å². The van der Waals surface area contributed by atoms with Gasteiger partial charge in [0.25, 0.3) is 0 Å². The number of ketones is 1. The van der Waals surface area contributed by atoms with E-state index in [0.717, 1.165) is 24.0 Å². The van der Waals surface area contributed by atoms with Gasteiger partial charge < -0.3 is 14.9 Å². The lowest BCUT2D eigenvalue weighted by Crippen LogP contribution is -2.11. The lowest BCUT2D eigenvalue weighted by atomic mass is 10.0. The molecule has 4 heteroatoms. The van der Waals surface area contributed by atoms with E-state index in [1.807, 2.05) is 24.3 Å². The fraction of sp³-hybridized carbons (Fsp3) is 0.316. The maximum absolute atomic E-state index is 12.1. The number of carbonyl (C=O) groups is 1. The zero-order chi connectivity index (χ0) is 16.2. The summed E-state index contributed by atoms with van der Waals surface area (Å²) < 4.78 is 5.49. The Balaban J connectivity index is 1.40. The minimum Gasteiger partial charge on any atom is -0.508 e. The number of benzene rings is 2. The van der Waals surface area contributed by atoms with E-state index >= 15 is 0 Å². The molecular formula is C19H20O4. The first kappa shape index (κ1) is 15.6. The van der Waals surface area contributed by atoms with E-state index in [-0.39, 0.29) is 29.5 Å². The van der Waals surface area contributed by atoms with Crippen LogP contribution in [0.3, 0.4) is 0 Å². The summed E-state index contributed by atoms with van der Waals surface area (Å²) >= 11 is 0. The van der Waals surface area contributed by atoms with Crippen LogP contribution in [0.4, 0.5) is 0 Å². The molecule has 23 heavy (non-hydrogen) atoms. The number of phenols is 2. The summed E-state index contributed by atoms with van der Waals surface area (Å²) in [5, 5.41) is 18.5. The van der Waals surface area contributed by atoms with E-state index in [2.05, 4.69) is 0 Å². The van der Waals surface area contributed by atoms with Gasteiger partial charge in [-0.2, -0.15) is 0 Å². The van der Waals surface area contributed by atoms with Gasteiger partial charge in [0.1, 0.15) is 17.6 Å². The van der Waals surface area contributed by atoms with E-state index in [1.54, 1.807) is 24.3 Å². The molecule has 0 saturated carbocycles. The molecular weight excluding hydrogens is 292 g/mol. The van der Waals surface area contributed by atoms with Gasteiger partial charge in [0, 0.05) is 6.42 Å². The molecule has 2 aromatic carbocycles. The third-order valence-corrected chi connectivity index (χ3v) is 4.15. The predicted octanol–water partition coefficient (Wildman–Crippen LogP) is 3.00. The number of hydrogen-bond acceptors (Lipinski definition) is 4. The van der Waals surface area contributed by atoms with Crippen molar-refractivity contribution in [3.05, 3.63) is 59.7 Å². The Labute approximate surface area is 135 Å². The molecule has 0 aliphatic carbocycles. The molecule has 0 amide bonds. The van der Waals surface area contributed by atoms with Gasteiger partial charge in [-0.05, 0) is 54.7 Å². The SMILES string of the molecule is O=C(CCc1ccc(O)cc1)C1OC1CCc1ccc(O)cc1. The van der Waals surface area contributed by atoms with E-state index in [9.17, 15) is 15.0 Å². The third kappa shape index (κ3) is 4.33. The van der Waals surface area contributed by atoms with Gasteiger partial charge in [-0.3, -0.25) is 4.79 Å². The Bertz CT molecular complexity index is 661. The second kappa shape index (κ2) is 6.84. The van der Waals surface area contributed by atoms with E-state index in [1.165, 1.54) is 0 Å². The molecule has 3 rings (SSSR count). The number of aryl methyl sites for hydroxylation is 2. The van der Waals surface area contributed by atoms with Gasteiger partial charge >= 0.3 is 0 Å². The number of Topliss-reactive ketones (excluding diaryl/α,β-unsaturated/α-hetero) is 1. The molecule has 1 saturated heterocycles. The Hall–Kier alpha value is -2.33. The summed E-state index contributed by atoms with van der Waals surface area (Å²) in [6.07, 6.45) is 2.56. The van der Waals surface area contributed by atoms with Crippen LogP contribution in [-0.2, 0) is 22.4 Å². The molecule has 2 atom stereocenters. The molecule has 120 valence electrons. The number of aromatic hydroxyl groups is 2. The van der Waals surface area contributed by atoms with Gasteiger partial charge in [0.2, 0.25) is 0 Å². The number of epoxide rings is 1. The minimum atomic E-state index is -0.260. The number of rotatable bonds is 7. The van der Waals surface area contributed by atoms with Crippen LogP contribution in [0, 0.1) is 0 Å². The van der Waals surface area contributed by atoms with Crippen LogP contribution in [-0.4, -0.2) is 28.2 Å². The summed E-state index contributed by atoms with van der Waals surface area (Å²) in [5.41, 5.74) is 2.17.